The Morgan fingerprint density at radius 2 is 2.12 bits per heavy atom. The summed E-state index contributed by atoms with van der Waals surface area (Å²) in [5, 5.41) is 8.78. The molecule has 0 aliphatic carbocycles. The summed E-state index contributed by atoms with van der Waals surface area (Å²) in [7, 11) is 0. The van der Waals surface area contributed by atoms with Crippen molar-refractivity contribution in [2.75, 3.05) is 5.73 Å². The fourth-order valence-corrected chi connectivity index (χ4v) is 1.31. The number of benzene rings is 1. The lowest BCUT2D eigenvalue weighted by Gasteiger charge is -2.02. The van der Waals surface area contributed by atoms with Gasteiger partial charge in [0, 0.05) is 11.3 Å². The van der Waals surface area contributed by atoms with E-state index < -0.39 is 5.97 Å². The van der Waals surface area contributed by atoms with E-state index in [2.05, 4.69) is 9.97 Å². The maximum atomic E-state index is 10.7. The van der Waals surface area contributed by atoms with Crippen LogP contribution < -0.4 is 5.73 Å². The van der Waals surface area contributed by atoms with Gasteiger partial charge in [0.2, 0.25) is 0 Å². The van der Waals surface area contributed by atoms with Crippen LogP contribution >= 0.6 is 0 Å². The van der Waals surface area contributed by atoms with Crippen LogP contribution in [-0.2, 0) is 0 Å². The maximum absolute atomic E-state index is 10.7. The normalized spacial score (nSPS) is 10.0. The van der Waals surface area contributed by atoms with E-state index in [1.165, 1.54) is 12.4 Å². The maximum Gasteiger partial charge on any atom is 0.356 e. The minimum absolute atomic E-state index is 0.0834. The molecule has 0 atom stereocenters. The average molecular weight is 215 g/mol. The summed E-state index contributed by atoms with van der Waals surface area (Å²) in [5.74, 6) is -1.10. The topological polar surface area (TPSA) is 89.1 Å². The minimum Gasteiger partial charge on any atom is -0.476 e. The van der Waals surface area contributed by atoms with Crippen LogP contribution in [0.4, 0.5) is 5.69 Å². The summed E-state index contributed by atoms with van der Waals surface area (Å²) < 4.78 is 0. The zero-order valence-corrected chi connectivity index (χ0v) is 8.29. The third-order valence-electron chi connectivity index (χ3n) is 2.04. The number of nitrogens with two attached hydrogens (primary N) is 1. The standard InChI is InChI=1S/C11H9N3O2/c12-8-3-1-2-7(4-8)9-5-13-6-10(14-9)11(15)16/h1-6H,12H2,(H,15,16). The number of nitrogen functional groups attached to an aromatic ring is 1. The number of rotatable bonds is 2. The summed E-state index contributed by atoms with van der Waals surface area (Å²) in [5.41, 5.74) is 7.38. The molecule has 0 amide bonds. The molecule has 0 spiro atoms. The van der Waals surface area contributed by atoms with Gasteiger partial charge in [0.1, 0.15) is 0 Å². The van der Waals surface area contributed by atoms with Crippen molar-refractivity contribution in [2.45, 2.75) is 0 Å². The molecular weight excluding hydrogens is 206 g/mol. The Hall–Kier alpha value is -2.43. The van der Waals surface area contributed by atoms with Crippen molar-refractivity contribution in [3.63, 3.8) is 0 Å². The number of hydrogen-bond donors (Lipinski definition) is 2. The van der Waals surface area contributed by atoms with Crippen LogP contribution in [0.2, 0.25) is 0 Å². The highest BCUT2D eigenvalue weighted by molar-refractivity contribution is 5.85. The number of carboxylic acid groups (broad SMARTS) is 1. The van der Waals surface area contributed by atoms with Crippen molar-refractivity contribution in [2.24, 2.45) is 0 Å². The second kappa shape index (κ2) is 3.98. The molecule has 1 heterocycles. The third kappa shape index (κ3) is 1.98. The predicted molar refractivity (Wildman–Crippen MR) is 58.8 cm³/mol. The molecule has 0 bridgehead atoms. The Labute approximate surface area is 91.6 Å². The van der Waals surface area contributed by atoms with E-state index in [0.29, 0.717) is 11.4 Å². The van der Waals surface area contributed by atoms with E-state index >= 15 is 0 Å². The van der Waals surface area contributed by atoms with Crippen molar-refractivity contribution >= 4 is 11.7 Å². The lowest BCUT2D eigenvalue weighted by atomic mass is 10.1. The van der Waals surface area contributed by atoms with E-state index in [0.717, 1.165) is 5.56 Å². The van der Waals surface area contributed by atoms with Crippen LogP contribution in [0.5, 0.6) is 0 Å². The molecule has 0 radical (unpaired) electrons. The van der Waals surface area contributed by atoms with Crippen molar-refractivity contribution in [1.29, 1.82) is 0 Å². The first-order valence-electron chi connectivity index (χ1n) is 4.58. The van der Waals surface area contributed by atoms with Crippen LogP contribution in [0.1, 0.15) is 10.5 Å². The van der Waals surface area contributed by atoms with Gasteiger partial charge in [-0.2, -0.15) is 0 Å². The Balaban J connectivity index is 2.48. The SMILES string of the molecule is Nc1cccc(-c2cncc(C(=O)O)n2)c1. The Morgan fingerprint density at radius 3 is 2.81 bits per heavy atom. The van der Waals surface area contributed by atoms with E-state index in [4.69, 9.17) is 10.8 Å². The van der Waals surface area contributed by atoms with E-state index in [1.807, 2.05) is 0 Å². The molecule has 1 aromatic carbocycles. The molecule has 5 heteroatoms. The van der Waals surface area contributed by atoms with Crippen LogP contribution in [0, 0.1) is 0 Å². The Morgan fingerprint density at radius 1 is 1.31 bits per heavy atom. The zero-order chi connectivity index (χ0) is 11.5. The third-order valence-corrected chi connectivity index (χ3v) is 2.04. The first-order valence-corrected chi connectivity index (χ1v) is 4.58. The number of carbonyl (C=O) groups is 1. The molecule has 1 aromatic heterocycles. The van der Waals surface area contributed by atoms with Crippen LogP contribution in [0.25, 0.3) is 11.3 Å². The van der Waals surface area contributed by atoms with Crippen molar-refractivity contribution < 1.29 is 9.90 Å². The van der Waals surface area contributed by atoms with Gasteiger partial charge in [-0.1, -0.05) is 12.1 Å². The van der Waals surface area contributed by atoms with Crippen molar-refractivity contribution in [1.82, 2.24) is 9.97 Å². The Kier molecular flexibility index (Phi) is 2.51. The molecule has 0 unspecified atom stereocenters. The molecule has 0 fully saturated rings. The highest BCUT2D eigenvalue weighted by atomic mass is 16.4. The van der Waals surface area contributed by atoms with Crippen LogP contribution in [0.15, 0.2) is 36.7 Å². The van der Waals surface area contributed by atoms with Gasteiger partial charge in [-0.25, -0.2) is 9.78 Å². The first-order chi connectivity index (χ1) is 7.66. The lowest BCUT2D eigenvalue weighted by molar-refractivity contribution is 0.0690. The van der Waals surface area contributed by atoms with Crippen molar-refractivity contribution in [3.8, 4) is 11.3 Å². The predicted octanol–water partition coefficient (Wildman–Crippen LogP) is 1.42. The van der Waals surface area contributed by atoms with E-state index in [1.54, 1.807) is 24.3 Å². The number of hydrogen-bond acceptors (Lipinski definition) is 4. The summed E-state index contributed by atoms with van der Waals surface area (Å²) in [4.78, 5) is 18.5. The largest absolute Gasteiger partial charge is 0.476 e. The summed E-state index contributed by atoms with van der Waals surface area (Å²) >= 11 is 0. The molecule has 2 aromatic rings. The van der Waals surface area contributed by atoms with Crippen LogP contribution in [0.3, 0.4) is 0 Å². The molecule has 16 heavy (non-hydrogen) atoms. The van der Waals surface area contributed by atoms with Gasteiger partial charge in [0.05, 0.1) is 18.1 Å². The molecule has 3 N–H and O–H groups in total. The summed E-state index contributed by atoms with van der Waals surface area (Å²) in [6.07, 6.45) is 2.71. The Bertz CT molecular complexity index is 540. The second-order valence-corrected chi connectivity index (χ2v) is 3.22. The number of anilines is 1. The molecular formula is C11H9N3O2. The molecule has 80 valence electrons. The number of carboxylic acids is 1. The summed E-state index contributed by atoms with van der Waals surface area (Å²) in [6.45, 7) is 0. The molecule has 2 rings (SSSR count). The lowest BCUT2D eigenvalue weighted by Crippen LogP contribution is -2.02. The van der Waals surface area contributed by atoms with E-state index in [9.17, 15) is 4.79 Å². The van der Waals surface area contributed by atoms with Crippen molar-refractivity contribution in [3.05, 3.63) is 42.4 Å². The number of aromatic nitrogens is 2. The monoisotopic (exact) mass is 215 g/mol. The van der Waals surface area contributed by atoms with Gasteiger partial charge in [-0.3, -0.25) is 4.98 Å². The van der Waals surface area contributed by atoms with Gasteiger partial charge in [0.25, 0.3) is 0 Å². The zero-order valence-electron chi connectivity index (χ0n) is 8.29. The fourth-order valence-electron chi connectivity index (χ4n) is 1.31. The number of nitrogens with zero attached hydrogens (tertiary/aromatic N) is 2. The molecule has 0 saturated carbocycles. The molecule has 0 aliphatic heterocycles. The average Bonchev–Trinajstić information content (AvgIpc) is 2.29. The highest BCUT2D eigenvalue weighted by Crippen LogP contribution is 2.18. The van der Waals surface area contributed by atoms with E-state index in [-0.39, 0.29) is 5.69 Å². The molecule has 5 nitrogen and oxygen atoms in total. The number of aromatic carboxylic acids is 1. The second-order valence-electron chi connectivity index (χ2n) is 3.22. The van der Waals surface area contributed by atoms with Gasteiger partial charge in [-0.15, -0.1) is 0 Å². The smallest absolute Gasteiger partial charge is 0.356 e. The fraction of sp³-hybridized carbons (Fsp3) is 0. The highest BCUT2D eigenvalue weighted by Gasteiger charge is 2.07. The van der Waals surface area contributed by atoms with Gasteiger partial charge in [0.15, 0.2) is 5.69 Å². The summed E-state index contributed by atoms with van der Waals surface area (Å²) in [6, 6.07) is 7.04. The molecule has 0 saturated heterocycles. The van der Waals surface area contributed by atoms with Gasteiger partial charge >= 0.3 is 5.97 Å². The first kappa shape index (κ1) is 10.1. The minimum atomic E-state index is -1.10. The quantitative estimate of drug-likeness (QED) is 0.739. The van der Waals surface area contributed by atoms with Gasteiger partial charge < -0.3 is 10.8 Å². The van der Waals surface area contributed by atoms with Crippen LogP contribution in [-0.4, -0.2) is 21.0 Å². The molecule has 0 aliphatic rings. The van der Waals surface area contributed by atoms with Gasteiger partial charge in [-0.05, 0) is 12.1 Å².